The van der Waals surface area contributed by atoms with Crippen LogP contribution in [0.1, 0.15) is 44.2 Å². The summed E-state index contributed by atoms with van der Waals surface area (Å²) in [6.07, 6.45) is 0.891. The summed E-state index contributed by atoms with van der Waals surface area (Å²) in [7, 11) is 0. The van der Waals surface area contributed by atoms with E-state index in [4.69, 9.17) is 0 Å². The van der Waals surface area contributed by atoms with Crippen LogP contribution in [0, 0.1) is 0 Å². The molecule has 0 N–H and O–H groups in total. The van der Waals surface area contributed by atoms with Gasteiger partial charge in [0.1, 0.15) is 0 Å². The maximum Gasteiger partial charge on any atom is 0.270 e. The first-order valence-corrected chi connectivity index (χ1v) is 5.43. The lowest BCUT2D eigenvalue weighted by molar-refractivity contribution is 0.0174. The minimum Gasteiger partial charge on any atom is -0.202 e. The summed E-state index contributed by atoms with van der Waals surface area (Å²) in [6, 6.07) is 6.56. The van der Waals surface area contributed by atoms with Gasteiger partial charge in [-0.2, -0.15) is 0 Å². The van der Waals surface area contributed by atoms with Crippen molar-refractivity contribution in [3.05, 3.63) is 47.5 Å². The summed E-state index contributed by atoms with van der Waals surface area (Å²) < 4.78 is 26.0. The van der Waals surface area contributed by atoms with E-state index in [0.29, 0.717) is 5.92 Å². The Kier molecular flexibility index (Phi) is 3.84. The number of allylic oxidation sites excluding steroid dienone is 1. The van der Waals surface area contributed by atoms with Gasteiger partial charge in [-0.05, 0) is 24.8 Å². The van der Waals surface area contributed by atoms with Crippen LogP contribution in [-0.4, -0.2) is 0 Å². The zero-order valence-electron chi connectivity index (χ0n) is 10.1. The molecule has 1 aromatic carbocycles. The first-order chi connectivity index (χ1) is 7.30. The van der Waals surface area contributed by atoms with Crippen molar-refractivity contribution in [3.8, 4) is 0 Å². The molecule has 0 bridgehead atoms. The van der Waals surface area contributed by atoms with Crippen LogP contribution in [0.15, 0.2) is 36.4 Å². The third kappa shape index (κ3) is 3.44. The lowest BCUT2D eigenvalue weighted by Crippen LogP contribution is -2.07. The number of hydrogen-bond acceptors (Lipinski definition) is 0. The highest BCUT2D eigenvalue weighted by Gasteiger charge is 2.23. The lowest BCUT2D eigenvalue weighted by atomic mass is 9.93. The van der Waals surface area contributed by atoms with E-state index in [2.05, 4.69) is 13.5 Å². The van der Waals surface area contributed by atoms with Gasteiger partial charge in [0, 0.05) is 12.5 Å². The molecular formula is C14H18F2. The number of alkyl halides is 2. The maximum atomic E-state index is 13.0. The van der Waals surface area contributed by atoms with Gasteiger partial charge in [0.15, 0.2) is 0 Å². The summed E-state index contributed by atoms with van der Waals surface area (Å²) in [5.74, 6) is -2.42. The number of hydrogen-bond donors (Lipinski definition) is 0. The molecule has 0 nitrogen and oxygen atoms in total. The van der Waals surface area contributed by atoms with Crippen molar-refractivity contribution in [1.82, 2.24) is 0 Å². The van der Waals surface area contributed by atoms with E-state index in [1.165, 1.54) is 12.1 Å². The van der Waals surface area contributed by atoms with Crippen molar-refractivity contribution < 1.29 is 8.78 Å². The van der Waals surface area contributed by atoms with Crippen molar-refractivity contribution >= 4 is 0 Å². The van der Waals surface area contributed by atoms with Crippen molar-refractivity contribution in [2.75, 3.05) is 0 Å². The molecule has 0 fully saturated rings. The molecule has 1 aromatic rings. The summed E-state index contributed by atoms with van der Waals surface area (Å²) >= 11 is 0. The van der Waals surface area contributed by atoms with Crippen LogP contribution in [0.25, 0.3) is 0 Å². The second-order valence-electron chi connectivity index (χ2n) is 4.57. The van der Waals surface area contributed by atoms with Gasteiger partial charge in [-0.3, -0.25) is 0 Å². The Bertz CT molecular complexity index is 357. The Morgan fingerprint density at radius 2 is 1.81 bits per heavy atom. The second-order valence-corrected chi connectivity index (χ2v) is 4.57. The molecule has 2 heteroatoms. The second kappa shape index (κ2) is 4.77. The van der Waals surface area contributed by atoms with E-state index in [9.17, 15) is 8.78 Å². The van der Waals surface area contributed by atoms with Crippen LogP contribution in [0.2, 0.25) is 0 Å². The molecule has 0 amide bonds. The van der Waals surface area contributed by atoms with Crippen LogP contribution in [0.5, 0.6) is 0 Å². The normalized spacial score (nSPS) is 13.6. The predicted molar refractivity (Wildman–Crippen MR) is 63.9 cm³/mol. The first kappa shape index (κ1) is 12.9. The highest BCUT2D eigenvalue weighted by Crippen LogP contribution is 2.29. The van der Waals surface area contributed by atoms with Gasteiger partial charge in [-0.1, -0.05) is 36.8 Å². The third-order valence-electron chi connectivity index (χ3n) is 2.64. The van der Waals surface area contributed by atoms with Crippen LogP contribution >= 0.6 is 0 Å². The molecular weight excluding hydrogens is 206 g/mol. The summed E-state index contributed by atoms with van der Waals surface area (Å²) in [5, 5.41) is 0. The van der Waals surface area contributed by atoms with Gasteiger partial charge >= 0.3 is 0 Å². The Hall–Kier alpha value is -1.18. The van der Waals surface area contributed by atoms with Crippen molar-refractivity contribution in [3.63, 3.8) is 0 Å². The number of halogens is 2. The van der Waals surface area contributed by atoms with E-state index in [-0.39, 0.29) is 5.56 Å². The van der Waals surface area contributed by atoms with Gasteiger partial charge in [-0.25, -0.2) is 8.78 Å². The molecule has 1 rings (SSSR count). The van der Waals surface area contributed by atoms with Crippen LogP contribution in [0.3, 0.4) is 0 Å². The van der Waals surface area contributed by atoms with Crippen LogP contribution in [0.4, 0.5) is 8.78 Å². The molecule has 16 heavy (non-hydrogen) atoms. The molecule has 0 aromatic heterocycles. The largest absolute Gasteiger partial charge is 0.270 e. The number of benzene rings is 1. The molecule has 0 saturated carbocycles. The van der Waals surface area contributed by atoms with E-state index in [0.717, 1.165) is 24.5 Å². The highest BCUT2D eigenvalue weighted by atomic mass is 19.3. The minimum atomic E-state index is -2.75. The van der Waals surface area contributed by atoms with Gasteiger partial charge in [-0.15, -0.1) is 6.58 Å². The molecule has 0 aliphatic heterocycles. The number of rotatable bonds is 4. The Labute approximate surface area is 96.0 Å². The van der Waals surface area contributed by atoms with Crippen molar-refractivity contribution in [1.29, 1.82) is 0 Å². The Morgan fingerprint density at radius 3 is 2.19 bits per heavy atom. The molecule has 1 atom stereocenters. The standard InChI is InChI=1S/C14H18F2/c1-10(2)9-11(3)12-5-7-13(8-6-12)14(4,15)16/h5-8,11H,1,9H2,2-4H3. The summed E-state index contributed by atoms with van der Waals surface area (Å²) in [6.45, 7) is 8.83. The topological polar surface area (TPSA) is 0 Å². The van der Waals surface area contributed by atoms with E-state index < -0.39 is 5.92 Å². The molecule has 88 valence electrons. The van der Waals surface area contributed by atoms with Gasteiger partial charge < -0.3 is 0 Å². The summed E-state index contributed by atoms with van der Waals surface area (Å²) in [5.41, 5.74) is 2.26. The molecule has 0 aliphatic rings. The molecule has 0 radical (unpaired) electrons. The molecule has 0 aliphatic carbocycles. The highest BCUT2D eigenvalue weighted by molar-refractivity contribution is 5.28. The average Bonchev–Trinajstić information content (AvgIpc) is 2.15. The van der Waals surface area contributed by atoms with Crippen molar-refractivity contribution in [2.45, 2.75) is 39.0 Å². The quantitative estimate of drug-likeness (QED) is 0.640. The minimum absolute atomic E-state index is 0.0683. The zero-order chi connectivity index (χ0) is 12.3. The Morgan fingerprint density at radius 1 is 1.31 bits per heavy atom. The van der Waals surface area contributed by atoms with Crippen LogP contribution < -0.4 is 0 Å². The van der Waals surface area contributed by atoms with Gasteiger partial charge in [0.05, 0.1) is 0 Å². The fourth-order valence-corrected chi connectivity index (χ4v) is 1.74. The monoisotopic (exact) mass is 224 g/mol. The molecule has 0 spiro atoms. The maximum absolute atomic E-state index is 13.0. The van der Waals surface area contributed by atoms with Gasteiger partial charge in [0.2, 0.25) is 0 Å². The summed E-state index contributed by atoms with van der Waals surface area (Å²) in [4.78, 5) is 0. The van der Waals surface area contributed by atoms with Crippen molar-refractivity contribution in [2.24, 2.45) is 0 Å². The van der Waals surface area contributed by atoms with E-state index in [1.807, 2.05) is 6.92 Å². The molecule has 1 unspecified atom stereocenters. The fraction of sp³-hybridized carbons (Fsp3) is 0.429. The molecule has 0 heterocycles. The average molecular weight is 224 g/mol. The Balaban J connectivity index is 2.83. The third-order valence-corrected chi connectivity index (χ3v) is 2.64. The fourth-order valence-electron chi connectivity index (χ4n) is 1.74. The zero-order valence-corrected chi connectivity index (χ0v) is 10.1. The lowest BCUT2D eigenvalue weighted by Gasteiger charge is -2.14. The van der Waals surface area contributed by atoms with E-state index >= 15 is 0 Å². The SMILES string of the molecule is C=C(C)CC(C)c1ccc(C(C)(F)F)cc1. The van der Waals surface area contributed by atoms with Gasteiger partial charge in [0.25, 0.3) is 5.92 Å². The van der Waals surface area contributed by atoms with Crippen LogP contribution in [-0.2, 0) is 5.92 Å². The van der Waals surface area contributed by atoms with E-state index in [1.54, 1.807) is 12.1 Å². The predicted octanol–water partition coefficient (Wildman–Crippen LogP) is 4.87. The first-order valence-electron chi connectivity index (χ1n) is 5.43. The smallest absolute Gasteiger partial charge is 0.202 e. The molecule has 0 saturated heterocycles.